The zero-order valence-electron chi connectivity index (χ0n) is 5.64. The third-order valence-electron chi connectivity index (χ3n) is 1.52. The molecule has 0 heterocycles. The van der Waals surface area contributed by atoms with E-state index in [4.69, 9.17) is 0 Å². The van der Waals surface area contributed by atoms with E-state index in [0.29, 0.717) is 0 Å². The number of nitrogens with zero attached hydrogens (tertiary/aromatic N) is 1. The molecule has 0 N–H and O–H groups in total. The molecule has 0 aromatic heterocycles. The first-order valence-corrected chi connectivity index (χ1v) is 3.44. The fourth-order valence-electron chi connectivity index (χ4n) is 1.06. The summed E-state index contributed by atoms with van der Waals surface area (Å²) in [5.74, 6) is 0. The molecule has 0 aliphatic heterocycles. The van der Waals surface area contributed by atoms with Gasteiger partial charge in [-0.1, -0.05) is 12.7 Å². The lowest BCUT2D eigenvalue weighted by Crippen LogP contribution is -1.99. The van der Waals surface area contributed by atoms with E-state index in [9.17, 15) is 0 Å². The van der Waals surface area contributed by atoms with Crippen LogP contribution in [0.3, 0.4) is 0 Å². The quantitative estimate of drug-likeness (QED) is 0.533. The molecule has 1 radical (unpaired) electrons. The summed E-state index contributed by atoms with van der Waals surface area (Å²) >= 11 is 0. The van der Waals surface area contributed by atoms with Gasteiger partial charge in [0.2, 0.25) is 0 Å². The van der Waals surface area contributed by atoms with Crippen LogP contribution in [0.2, 0.25) is 0 Å². The van der Waals surface area contributed by atoms with Crippen LogP contribution in [0.25, 0.3) is 0 Å². The monoisotopic (exact) mass is 122 g/mol. The summed E-state index contributed by atoms with van der Waals surface area (Å²) in [5.41, 5.74) is 1.22. The first-order chi connectivity index (χ1) is 4.43. The van der Waals surface area contributed by atoms with Crippen molar-refractivity contribution >= 4 is 0 Å². The van der Waals surface area contributed by atoms with Crippen LogP contribution in [0.1, 0.15) is 25.7 Å². The smallest absolute Gasteiger partial charge is 0.0363 e. The summed E-state index contributed by atoms with van der Waals surface area (Å²) in [6.45, 7) is 3.55. The lowest BCUT2D eigenvalue weighted by Gasteiger charge is -2.08. The molecule has 0 spiro atoms. The second kappa shape index (κ2) is 3.33. The van der Waals surface area contributed by atoms with Gasteiger partial charge in [-0.05, 0) is 25.7 Å². The van der Waals surface area contributed by atoms with Gasteiger partial charge in [0.15, 0.2) is 0 Å². The minimum atomic E-state index is 1.14. The highest BCUT2D eigenvalue weighted by atomic mass is 14.8. The zero-order chi connectivity index (χ0) is 6.53. The molecule has 0 fully saturated rings. The maximum absolute atomic E-state index is 4.11. The third-order valence-corrected chi connectivity index (χ3v) is 1.52. The molecule has 9 heavy (non-hydrogen) atoms. The van der Waals surface area contributed by atoms with Crippen molar-refractivity contribution in [1.82, 2.24) is 5.32 Å². The second-order valence-electron chi connectivity index (χ2n) is 2.25. The normalized spacial score (nSPS) is 18.4. The van der Waals surface area contributed by atoms with E-state index in [1.54, 1.807) is 6.20 Å². The largest absolute Gasteiger partial charge is 0.262 e. The molecule has 0 saturated carbocycles. The molecule has 49 valence electrons. The number of rotatable bonds is 2. The lowest BCUT2D eigenvalue weighted by atomic mass is 10.1. The van der Waals surface area contributed by atoms with E-state index in [1.807, 2.05) is 0 Å². The molecule has 0 amide bonds. The van der Waals surface area contributed by atoms with E-state index in [2.05, 4.69) is 18.0 Å². The van der Waals surface area contributed by atoms with Crippen molar-refractivity contribution in [3.63, 3.8) is 0 Å². The van der Waals surface area contributed by atoms with Crippen LogP contribution in [0.5, 0.6) is 0 Å². The highest BCUT2D eigenvalue weighted by molar-refractivity contribution is 5.04. The number of allylic oxidation sites excluding steroid dienone is 2. The molecule has 0 atom stereocenters. The van der Waals surface area contributed by atoms with E-state index in [-0.39, 0.29) is 0 Å². The van der Waals surface area contributed by atoms with Crippen molar-refractivity contribution in [1.29, 1.82) is 0 Å². The zero-order valence-corrected chi connectivity index (χ0v) is 5.64. The van der Waals surface area contributed by atoms with Gasteiger partial charge in [-0.3, -0.25) is 5.32 Å². The summed E-state index contributed by atoms with van der Waals surface area (Å²) in [6.07, 6.45) is 8.79. The van der Waals surface area contributed by atoms with Crippen molar-refractivity contribution in [2.24, 2.45) is 0 Å². The average Bonchev–Trinajstić information content (AvgIpc) is 1.91. The summed E-state index contributed by atoms with van der Waals surface area (Å²) in [4.78, 5) is 0. The van der Waals surface area contributed by atoms with Gasteiger partial charge in [-0.15, -0.1) is 0 Å². The molecule has 1 heteroatoms. The molecular weight excluding hydrogens is 110 g/mol. The van der Waals surface area contributed by atoms with E-state index in [0.717, 1.165) is 6.42 Å². The Morgan fingerprint density at radius 3 is 3.00 bits per heavy atom. The molecule has 0 saturated heterocycles. The second-order valence-corrected chi connectivity index (χ2v) is 2.25. The summed E-state index contributed by atoms with van der Waals surface area (Å²) in [6, 6.07) is 0. The van der Waals surface area contributed by atoms with Crippen molar-refractivity contribution in [2.45, 2.75) is 25.7 Å². The van der Waals surface area contributed by atoms with E-state index in [1.165, 1.54) is 25.0 Å². The molecule has 0 unspecified atom stereocenters. The Labute approximate surface area is 56.5 Å². The number of hydrogen-bond acceptors (Lipinski definition) is 0. The van der Waals surface area contributed by atoms with Crippen LogP contribution in [0, 0.1) is 0 Å². The van der Waals surface area contributed by atoms with Gasteiger partial charge in [-0.25, -0.2) is 0 Å². The molecule has 1 aliphatic rings. The predicted molar refractivity (Wildman–Crippen MR) is 38.9 cm³/mol. The van der Waals surface area contributed by atoms with E-state index < -0.39 is 0 Å². The van der Waals surface area contributed by atoms with Crippen molar-refractivity contribution < 1.29 is 0 Å². The molecule has 0 aromatic carbocycles. The summed E-state index contributed by atoms with van der Waals surface area (Å²) < 4.78 is 0. The Morgan fingerprint density at radius 2 is 2.44 bits per heavy atom. The maximum Gasteiger partial charge on any atom is 0.0363 e. The van der Waals surface area contributed by atoms with Crippen molar-refractivity contribution in [3.8, 4) is 0 Å². The van der Waals surface area contributed by atoms with Gasteiger partial charge < -0.3 is 0 Å². The highest BCUT2D eigenvalue weighted by Gasteiger charge is 2.00. The fourth-order valence-corrected chi connectivity index (χ4v) is 1.06. The molecule has 0 bridgehead atoms. The molecular formula is C8H12N. The molecule has 0 aromatic rings. The van der Waals surface area contributed by atoms with Crippen LogP contribution < -0.4 is 5.32 Å². The van der Waals surface area contributed by atoms with Gasteiger partial charge in [0.05, 0.1) is 0 Å². The minimum absolute atomic E-state index is 1.14. The molecule has 1 aliphatic carbocycles. The first kappa shape index (κ1) is 6.40. The van der Waals surface area contributed by atoms with Gasteiger partial charge in [0.1, 0.15) is 0 Å². The van der Waals surface area contributed by atoms with Crippen molar-refractivity contribution in [2.75, 3.05) is 0 Å². The van der Waals surface area contributed by atoms with Crippen LogP contribution in [-0.2, 0) is 0 Å². The molecule has 1 rings (SSSR count). The maximum atomic E-state index is 4.11. The minimum Gasteiger partial charge on any atom is -0.262 e. The Morgan fingerprint density at radius 1 is 1.56 bits per heavy atom. The summed E-state index contributed by atoms with van der Waals surface area (Å²) in [7, 11) is 0. The van der Waals surface area contributed by atoms with Crippen molar-refractivity contribution in [3.05, 3.63) is 24.6 Å². The Bertz CT molecular complexity index is 125. The Hall–Kier alpha value is -0.720. The van der Waals surface area contributed by atoms with Crippen LogP contribution in [0.4, 0.5) is 0 Å². The van der Waals surface area contributed by atoms with Gasteiger partial charge in [0, 0.05) is 11.9 Å². The Kier molecular flexibility index (Phi) is 2.37. The Balaban J connectivity index is 2.36. The average molecular weight is 122 g/mol. The SMILES string of the molecule is C=C[N]C1=CCCCC1. The molecule has 1 nitrogen and oxygen atoms in total. The first-order valence-electron chi connectivity index (χ1n) is 3.44. The van der Waals surface area contributed by atoms with Gasteiger partial charge in [-0.2, -0.15) is 0 Å². The fraction of sp³-hybridized carbons (Fsp3) is 0.500. The highest BCUT2D eigenvalue weighted by Crippen LogP contribution is 2.15. The number of hydrogen-bond donors (Lipinski definition) is 0. The van der Waals surface area contributed by atoms with E-state index >= 15 is 0 Å². The third kappa shape index (κ3) is 1.92. The van der Waals surface area contributed by atoms with Crippen LogP contribution in [-0.4, -0.2) is 0 Å². The van der Waals surface area contributed by atoms with Crippen LogP contribution in [0.15, 0.2) is 24.6 Å². The topological polar surface area (TPSA) is 14.1 Å². The standard InChI is InChI=1S/C8H12N/c1-2-9-8-6-4-3-5-7-8/h2,6H,1,3-5,7H2. The van der Waals surface area contributed by atoms with Gasteiger partial charge >= 0.3 is 0 Å². The van der Waals surface area contributed by atoms with Crippen LogP contribution >= 0.6 is 0 Å². The lowest BCUT2D eigenvalue weighted by molar-refractivity contribution is 0.672. The summed E-state index contributed by atoms with van der Waals surface area (Å²) in [5, 5.41) is 4.11. The predicted octanol–water partition coefficient (Wildman–Crippen LogP) is 2.19. The van der Waals surface area contributed by atoms with Gasteiger partial charge in [0.25, 0.3) is 0 Å².